The Morgan fingerprint density at radius 3 is 2.70 bits per heavy atom. The molecular formula is C21H20N2O3S. The molecule has 0 N–H and O–H groups in total. The highest BCUT2D eigenvalue weighted by atomic mass is 32.1. The molecule has 6 heteroatoms. The van der Waals surface area contributed by atoms with Crippen molar-refractivity contribution in [3.8, 4) is 22.1 Å². The minimum absolute atomic E-state index is 0.0598. The minimum atomic E-state index is -0.0598. The van der Waals surface area contributed by atoms with Crippen molar-refractivity contribution in [2.24, 2.45) is 0 Å². The lowest BCUT2D eigenvalue weighted by Gasteiger charge is -2.21. The van der Waals surface area contributed by atoms with Crippen LogP contribution in [0.15, 0.2) is 47.8 Å². The maximum Gasteiger partial charge on any atom is 0.278 e. The van der Waals surface area contributed by atoms with Crippen LogP contribution in [0, 0.1) is 0 Å². The molecule has 2 aromatic carbocycles. The number of benzene rings is 2. The molecule has 1 amide bonds. The largest absolute Gasteiger partial charge is 0.493 e. The lowest BCUT2D eigenvalue weighted by molar-refractivity contribution is 0.0977. The average Bonchev–Trinajstić information content (AvgIpc) is 3.31. The predicted octanol–water partition coefficient (Wildman–Crippen LogP) is 4.42. The molecule has 27 heavy (non-hydrogen) atoms. The van der Waals surface area contributed by atoms with E-state index in [2.05, 4.69) is 18.0 Å². The molecule has 138 valence electrons. The van der Waals surface area contributed by atoms with Gasteiger partial charge in [0.2, 0.25) is 0 Å². The van der Waals surface area contributed by atoms with Crippen LogP contribution in [-0.4, -0.2) is 31.2 Å². The maximum absolute atomic E-state index is 13.1. The molecule has 0 saturated carbocycles. The lowest BCUT2D eigenvalue weighted by atomic mass is 10.1. The Hall–Kier alpha value is -2.86. The van der Waals surface area contributed by atoms with E-state index in [9.17, 15) is 4.79 Å². The number of fused-ring (bicyclic) bond motifs is 1. The molecule has 4 rings (SSSR count). The second-order valence-corrected chi connectivity index (χ2v) is 7.32. The van der Waals surface area contributed by atoms with Crippen LogP contribution in [0.3, 0.4) is 0 Å². The fourth-order valence-electron chi connectivity index (χ4n) is 3.47. The zero-order valence-corrected chi connectivity index (χ0v) is 16.2. The first-order chi connectivity index (χ1) is 13.1. The zero-order valence-electron chi connectivity index (χ0n) is 15.4. The highest BCUT2D eigenvalue weighted by Gasteiger charge is 2.32. The average molecular weight is 380 g/mol. The monoisotopic (exact) mass is 380 g/mol. The summed E-state index contributed by atoms with van der Waals surface area (Å²) in [6, 6.07) is 13.8. The predicted molar refractivity (Wildman–Crippen MR) is 107 cm³/mol. The van der Waals surface area contributed by atoms with Gasteiger partial charge in [0, 0.05) is 22.7 Å². The van der Waals surface area contributed by atoms with Crippen molar-refractivity contribution in [1.29, 1.82) is 0 Å². The number of thiazole rings is 1. The molecule has 3 aromatic rings. The minimum Gasteiger partial charge on any atom is -0.493 e. The number of nitrogens with zero attached hydrogens (tertiary/aromatic N) is 2. The summed E-state index contributed by atoms with van der Waals surface area (Å²) in [5, 5.41) is 2.60. The number of aromatic nitrogens is 1. The van der Waals surface area contributed by atoms with Crippen LogP contribution in [0.2, 0.25) is 0 Å². The molecule has 0 radical (unpaired) electrons. The van der Waals surface area contributed by atoms with Crippen molar-refractivity contribution in [1.82, 2.24) is 4.98 Å². The molecule has 2 heterocycles. The molecule has 0 saturated heterocycles. The van der Waals surface area contributed by atoms with Gasteiger partial charge in [-0.1, -0.05) is 18.2 Å². The molecule has 0 spiro atoms. The van der Waals surface area contributed by atoms with Gasteiger partial charge in [-0.3, -0.25) is 4.79 Å². The Kier molecular flexibility index (Phi) is 4.58. The summed E-state index contributed by atoms with van der Waals surface area (Å²) < 4.78 is 10.6. The summed E-state index contributed by atoms with van der Waals surface area (Å²) in [5.41, 5.74) is 3.55. The third-order valence-electron chi connectivity index (χ3n) is 4.78. The van der Waals surface area contributed by atoms with Crippen LogP contribution >= 0.6 is 11.3 Å². The van der Waals surface area contributed by atoms with Gasteiger partial charge in [-0.2, -0.15) is 0 Å². The van der Waals surface area contributed by atoms with Gasteiger partial charge in [0.25, 0.3) is 5.91 Å². The van der Waals surface area contributed by atoms with E-state index in [1.54, 1.807) is 14.2 Å². The number of para-hydroxylation sites is 1. The summed E-state index contributed by atoms with van der Waals surface area (Å²) in [7, 11) is 3.21. The summed E-state index contributed by atoms with van der Waals surface area (Å²) >= 11 is 1.45. The molecule has 0 fully saturated rings. The van der Waals surface area contributed by atoms with E-state index in [0.717, 1.165) is 22.7 Å². The molecule has 1 aliphatic rings. The van der Waals surface area contributed by atoms with E-state index in [4.69, 9.17) is 9.47 Å². The number of ether oxygens (including phenoxy) is 2. The van der Waals surface area contributed by atoms with E-state index in [-0.39, 0.29) is 11.9 Å². The van der Waals surface area contributed by atoms with Crippen molar-refractivity contribution in [2.75, 3.05) is 19.1 Å². The highest BCUT2D eigenvalue weighted by molar-refractivity contribution is 7.13. The van der Waals surface area contributed by atoms with Crippen molar-refractivity contribution >= 4 is 22.9 Å². The Balaban J connectivity index is 1.64. The quantitative estimate of drug-likeness (QED) is 0.672. The first-order valence-electron chi connectivity index (χ1n) is 8.71. The van der Waals surface area contributed by atoms with E-state index in [1.165, 1.54) is 16.9 Å². The number of hydrogen-bond acceptors (Lipinski definition) is 5. The Bertz CT molecular complexity index is 999. The number of carbonyl (C=O) groups is 1. The van der Waals surface area contributed by atoms with Gasteiger partial charge in [0.15, 0.2) is 11.5 Å². The van der Waals surface area contributed by atoms with E-state index in [0.29, 0.717) is 17.2 Å². The lowest BCUT2D eigenvalue weighted by Crippen LogP contribution is -2.35. The molecule has 1 aliphatic heterocycles. The van der Waals surface area contributed by atoms with Gasteiger partial charge >= 0.3 is 0 Å². The number of rotatable bonds is 4. The first-order valence-corrected chi connectivity index (χ1v) is 9.59. The maximum atomic E-state index is 13.1. The third-order valence-corrected chi connectivity index (χ3v) is 5.67. The number of carbonyl (C=O) groups excluding carboxylic acids is 1. The molecular weight excluding hydrogens is 360 g/mol. The van der Waals surface area contributed by atoms with Gasteiger partial charge < -0.3 is 14.4 Å². The molecule has 1 atom stereocenters. The van der Waals surface area contributed by atoms with E-state index >= 15 is 0 Å². The van der Waals surface area contributed by atoms with E-state index < -0.39 is 0 Å². The number of hydrogen-bond donors (Lipinski definition) is 0. The number of anilines is 1. The number of methoxy groups -OCH3 is 2. The van der Waals surface area contributed by atoms with Gasteiger partial charge in [-0.15, -0.1) is 11.3 Å². The van der Waals surface area contributed by atoms with Gasteiger partial charge in [0.1, 0.15) is 10.7 Å². The topological polar surface area (TPSA) is 51.7 Å². The van der Waals surface area contributed by atoms with Crippen LogP contribution in [0.4, 0.5) is 5.69 Å². The fourth-order valence-corrected chi connectivity index (χ4v) is 4.26. The highest BCUT2D eigenvalue weighted by Crippen LogP contribution is 2.36. The van der Waals surface area contributed by atoms with Crippen LogP contribution < -0.4 is 14.4 Å². The summed E-state index contributed by atoms with van der Waals surface area (Å²) in [6.45, 7) is 2.07. The summed E-state index contributed by atoms with van der Waals surface area (Å²) in [5.74, 6) is 1.24. The number of amides is 1. The van der Waals surface area contributed by atoms with Crippen LogP contribution in [-0.2, 0) is 6.42 Å². The normalized spacial score (nSPS) is 15.5. The van der Waals surface area contributed by atoms with E-state index in [1.807, 2.05) is 46.7 Å². The Morgan fingerprint density at radius 1 is 1.15 bits per heavy atom. The zero-order chi connectivity index (χ0) is 19.0. The summed E-state index contributed by atoms with van der Waals surface area (Å²) in [4.78, 5) is 19.6. The molecule has 0 unspecified atom stereocenters. The SMILES string of the molecule is COc1ccc(-c2nc(C(=O)N3c4ccccc4C[C@@H]3C)cs2)cc1OC. The molecule has 0 aliphatic carbocycles. The van der Waals surface area contributed by atoms with Crippen molar-refractivity contribution in [3.05, 3.63) is 59.1 Å². The van der Waals surface area contributed by atoms with Gasteiger partial charge in [-0.25, -0.2) is 4.98 Å². The second-order valence-electron chi connectivity index (χ2n) is 6.46. The smallest absolute Gasteiger partial charge is 0.278 e. The van der Waals surface area contributed by atoms with Crippen molar-refractivity contribution in [2.45, 2.75) is 19.4 Å². The van der Waals surface area contributed by atoms with Crippen molar-refractivity contribution < 1.29 is 14.3 Å². The molecule has 0 bridgehead atoms. The van der Waals surface area contributed by atoms with Gasteiger partial charge in [-0.05, 0) is 43.2 Å². The first kappa shape index (κ1) is 17.5. The summed E-state index contributed by atoms with van der Waals surface area (Å²) in [6.07, 6.45) is 0.870. The van der Waals surface area contributed by atoms with Gasteiger partial charge in [0.05, 0.1) is 14.2 Å². The second kappa shape index (κ2) is 7.04. The third kappa shape index (κ3) is 3.06. The van der Waals surface area contributed by atoms with Crippen LogP contribution in [0.25, 0.3) is 10.6 Å². The molecule has 1 aromatic heterocycles. The standard InChI is InChI=1S/C21H20N2O3S/c1-13-10-14-6-4-5-7-17(14)23(13)21(24)16-12-27-20(22-16)15-8-9-18(25-2)19(11-15)26-3/h4-9,11-13H,10H2,1-3H3/t13-/m0/s1. The van der Waals surface area contributed by atoms with Crippen molar-refractivity contribution in [3.63, 3.8) is 0 Å². The molecule has 5 nitrogen and oxygen atoms in total. The Morgan fingerprint density at radius 2 is 1.93 bits per heavy atom. The Labute approximate surface area is 162 Å². The fraction of sp³-hybridized carbons (Fsp3) is 0.238. The van der Waals surface area contributed by atoms with Crippen LogP contribution in [0.5, 0.6) is 11.5 Å². The van der Waals surface area contributed by atoms with Crippen LogP contribution in [0.1, 0.15) is 23.0 Å².